The lowest BCUT2D eigenvalue weighted by atomic mass is 9.72. The number of ether oxygens (including phenoxy) is 1. The van der Waals surface area contributed by atoms with Crippen LogP contribution in [0.3, 0.4) is 0 Å². The number of amides is 2. The quantitative estimate of drug-likeness (QED) is 0.249. The second-order valence-corrected chi connectivity index (χ2v) is 17.5. The monoisotopic (exact) mass is 751 g/mol. The summed E-state index contributed by atoms with van der Waals surface area (Å²) in [4.78, 5) is 38.2. The molecule has 0 radical (unpaired) electrons. The van der Waals surface area contributed by atoms with Gasteiger partial charge in [0, 0.05) is 75.4 Å². The maximum atomic E-state index is 14.4. The van der Waals surface area contributed by atoms with Crippen LogP contribution in [-0.4, -0.2) is 142 Å². The van der Waals surface area contributed by atoms with E-state index < -0.39 is 16.0 Å². The van der Waals surface area contributed by atoms with Crippen LogP contribution in [0.25, 0.3) is 0 Å². The zero-order valence-corrected chi connectivity index (χ0v) is 31.8. The highest BCUT2D eigenvalue weighted by atomic mass is 32.2. The van der Waals surface area contributed by atoms with E-state index in [0.717, 1.165) is 45.6 Å². The summed E-state index contributed by atoms with van der Waals surface area (Å²) in [7, 11) is -3.60. The van der Waals surface area contributed by atoms with Crippen molar-refractivity contribution in [3.05, 3.63) is 60.2 Å². The average molecular weight is 752 g/mol. The SMILES string of the molecule is C=CC(=O)N1C[C@@H]2C[C@H]1CN2S(=O)(=O)N1CC=C(CN2CCC3(CC2)CN(c2ncnnc2Oc2ccc(F)cc2C(=O)N(C(C)C)C(C)C)C3)CC1. The van der Waals surface area contributed by atoms with Crippen LogP contribution in [0.4, 0.5) is 10.2 Å². The Morgan fingerprint density at radius 1 is 1.09 bits per heavy atom. The Balaban J connectivity index is 0.920. The number of aromatic nitrogens is 3. The summed E-state index contributed by atoms with van der Waals surface area (Å²) < 4.78 is 50.8. The van der Waals surface area contributed by atoms with Gasteiger partial charge in [-0.15, -0.1) is 10.2 Å². The molecule has 2 amide bonds. The van der Waals surface area contributed by atoms with Gasteiger partial charge in [0.15, 0.2) is 5.82 Å². The maximum Gasteiger partial charge on any atom is 0.282 e. The highest BCUT2D eigenvalue weighted by molar-refractivity contribution is 7.86. The number of hydrogen-bond donors (Lipinski definition) is 0. The van der Waals surface area contributed by atoms with Crippen molar-refractivity contribution < 1.29 is 27.1 Å². The first-order valence-electron chi connectivity index (χ1n) is 18.6. The summed E-state index contributed by atoms with van der Waals surface area (Å²) in [6, 6.07) is 3.48. The number of hydrogen-bond acceptors (Lipinski definition) is 10. The molecule has 2 bridgehead atoms. The van der Waals surface area contributed by atoms with Gasteiger partial charge in [-0.25, -0.2) is 9.37 Å². The summed E-state index contributed by atoms with van der Waals surface area (Å²) in [6.45, 7) is 17.2. The van der Waals surface area contributed by atoms with Gasteiger partial charge in [-0.05, 0) is 90.7 Å². The molecule has 5 aliphatic heterocycles. The van der Waals surface area contributed by atoms with E-state index in [1.54, 1.807) is 18.4 Å². The number of rotatable bonds is 11. The summed E-state index contributed by atoms with van der Waals surface area (Å²) in [5.41, 5.74) is 1.52. The minimum absolute atomic E-state index is 0.0771. The first kappa shape index (κ1) is 37.3. The predicted molar refractivity (Wildman–Crippen MR) is 197 cm³/mol. The van der Waals surface area contributed by atoms with Crippen LogP contribution in [0.2, 0.25) is 0 Å². The Bertz CT molecular complexity index is 1870. The summed E-state index contributed by atoms with van der Waals surface area (Å²) >= 11 is 0. The van der Waals surface area contributed by atoms with E-state index in [4.69, 9.17) is 4.74 Å². The highest BCUT2D eigenvalue weighted by Gasteiger charge is 2.51. The molecule has 286 valence electrons. The number of benzene rings is 1. The molecule has 53 heavy (non-hydrogen) atoms. The molecule has 1 aromatic heterocycles. The Kier molecular flexibility index (Phi) is 10.3. The normalized spacial score (nSPS) is 23.4. The molecule has 2 aromatic rings. The Morgan fingerprint density at radius 2 is 1.83 bits per heavy atom. The second kappa shape index (κ2) is 14.7. The average Bonchev–Trinajstić information content (AvgIpc) is 3.74. The number of likely N-dealkylation sites (tertiary alicyclic amines) is 2. The van der Waals surface area contributed by atoms with E-state index in [1.165, 1.54) is 36.2 Å². The fraction of sp³-hybridized carbons (Fsp3) is 0.595. The molecule has 4 saturated heterocycles. The van der Waals surface area contributed by atoms with Gasteiger partial charge in [-0.1, -0.05) is 18.2 Å². The third-order valence-corrected chi connectivity index (χ3v) is 13.6. The van der Waals surface area contributed by atoms with Crippen LogP contribution in [0.1, 0.15) is 63.7 Å². The molecule has 0 N–H and O–H groups in total. The minimum Gasteiger partial charge on any atom is -0.434 e. The van der Waals surface area contributed by atoms with Crippen LogP contribution in [0.15, 0.2) is 48.8 Å². The molecule has 0 saturated carbocycles. The van der Waals surface area contributed by atoms with E-state index >= 15 is 0 Å². The molecule has 0 unspecified atom stereocenters. The summed E-state index contributed by atoms with van der Waals surface area (Å²) in [5.74, 6) is -0.0809. The van der Waals surface area contributed by atoms with E-state index in [-0.39, 0.29) is 58.6 Å². The number of halogens is 1. The molecular formula is C37H50FN9O5S. The van der Waals surface area contributed by atoms with Gasteiger partial charge in [-0.3, -0.25) is 14.5 Å². The van der Waals surface area contributed by atoms with Crippen LogP contribution in [0, 0.1) is 11.2 Å². The molecule has 14 nitrogen and oxygen atoms in total. The van der Waals surface area contributed by atoms with Crippen LogP contribution < -0.4 is 9.64 Å². The molecule has 1 aromatic carbocycles. The van der Waals surface area contributed by atoms with Gasteiger partial charge in [0.05, 0.1) is 5.56 Å². The molecule has 1 spiro atoms. The zero-order chi connectivity index (χ0) is 37.7. The number of carbonyl (C=O) groups is 2. The topological polar surface area (TPSA) is 136 Å². The van der Waals surface area contributed by atoms with Crippen molar-refractivity contribution in [3.8, 4) is 11.6 Å². The Hall–Kier alpha value is -3.99. The summed E-state index contributed by atoms with van der Waals surface area (Å²) in [6.07, 6.45) is 8.18. The minimum atomic E-state index is -3.60. The third kappa shape index (κ3) is 7.30. The Morgan fingerprint density at radius 3 is 2.45 bits per heavy atom. The largest absolute Gasteiger partial charge is 0.434 e. The molecule has 4 fully saturated rings. The van der Waals surface area contributed by atoms with Gasteiger partial charge in [0.2, 0.25) is 5.91 Å². The van der Waals surface area contributed by atoms with E-state index in [1.807, 2.05) is 27.7 Å². The number of piperidine rings is 1. The van der Waals surface area contributed by atoms with Gasteiger partial charge in [0.25, 0.3) is 22.0 Å². The first-order valence-corrected chi connectivity index (χ1v) is 20.0. The van der Waals surface area contributed by atoms with Crippen molar-refractivity contribution in [3.63, 3.8) is 0 Å². The molecule has 2 atom stereocenters. The highest BCUT2D eigenvalue weighted by Crippen LogP contribution is 2.45. The fourth-order valence-electron chi connectivity index (χ4n) is 8.80. The number of carbonyl (C=O) groups excluding carboxylic acids is 2. The van der Waals surface area contributed by atoms with E-state index in [0.29, 0.717) is 44.8 Å². The fourth-order valence-corrected chi connectivity index (χ4v) is 10.6. The summed E-state index contributed by atoms with van der Waals surface area (Å²) in [5, 5.41) is 8.16. The number of piperazine rings is 1. The predicted octanol–water partition coefficient (Wildman–Crippen LogP) is 3.31. The van der Waals surface area contributed by atoms with E-state index in [2.05, 4.69) is 37.6 Å². The molecular weight excluding hydrogens is 702 g/mol. The van der Waals surface area contributed by atoms with Gasteiger partial charge in [-0.2, -0.15) is 17.0 Å². The third-order valence-electron chi connectivity index (χ3n) is 11.5. The molecule has 6 heterocycles. The lowest BCUT2D eigenvalue weighted by molar-refractivity contribution is -0.127. The Labute approximate surface area is 311 Å². The number of anilines is 1. The second-order valence-electron chi connectivity index (χ2n) is 15.6. The number of fused-ring (bicyclic) bond motifs is 2. The van der Waals surface area contributed by atoms with Crippen molar-refractivity contribution >= 4 is 27.8 Å². The van der Waals surface area contributed by atoms with Crippen LogP contribution in [-0.2, 0) is 15.0 Å². The lowest BCUT2D eigenvalue weighted by Gasteiger charge is -2.54. The molecule has 7 rings (SSSR count). The van der Waals surface area contributed by atoms with Crippen molar-refractivity contribution in [1.82, 2.24) is 38.5 Å². The van der Waals surface area contributed by atoms with Gasteiger partial charge >= 0.3 is 0 Å². The standard InChI is InChI=1S/C37H50FN9O5S/c1-6-33(48)45-20-30-18-29(45)21-46(30)53(50,51)44-13-9-27(10-14-44)19-42-15-11-37(12-16-42)22-43(23-37)34-35(41-40-24-39-34)52-32-8-7-28(38)17-31(32)36(49)47(25(2)3)26(4)5/h6-9,17,24-26,29-30H,1,10-16,18-23H2,2-5H3/t29-,30-/m0/s1. The first-order chi connectivity index (χ1) is 25.3. The van der Waals surface area contributed by atoms with Crippen LogP contribution >= 0.6 is 0 Å². The lowest BCUT2D eigenvalue weighted by Crippen LogP contribution is -2.61. The molecule has 0 aliphatic carbocycles. The van der Waals surface area contributed by atoms with Crippen molar-refractivity contribution in [2.24, 2.45) is 5.41 Å². The maximum absolute atomic E-state index is 14.4. The van der Waals surface area contributed by atoms with Crippen molar-refractivity contribution in [1.29, 1.82) is 0 Å². The zero-order valence-electron chi connectivity index (χ0n) is 31.0. The molecule has 16 heteroatoms. The van der Waals surface area contributed by atoms with E-state index in [9.17, 15) is 22.4 Å². The van der Waals surface area contributed by atoms with Crippen molar-refractivity contribution in [2.75, 3.05) is 63.8 Å². The van der Waals surface area contributed by atoms with Gasteiger partial charge in [0.1, 0.15) is 17.9 Å². The molecule has 5 aliphatic rings. The smallest absolute Gasteiger partial charge is 0.282 e. The van der Waals surface area contributed by atoms with Gasteiger partial charge < -0.3 is 19.4 Å². The number of nitrogens with zero attached hydrogens (tertiary/aromatic N) is 9. The van der Waals surface area contributed by atoms with Crippen LogP contribution in [0.5, 0.6) is 11.6 Å². The van der Waals surface area contributed by atoms with Crippen molar-refractivity contribution in [2.45, 2.75) is 77.5 Å².